The molecule has 90 valence electrons. The number of halogens is 2. The minimum atomic E-state index is -0.185. The Morgan fingerprint density at radius 2 is 1.88 bits per heavy atom. The van der Waals surface area contributed by atoms with Gasteiger partial charge in [-0.1, -0.05) is 23.2 Å². The fourth-order valence-corrected chi connectivity index (χ4v) is 2.05. The molecule has 1 heterocycles. The Bertz CT molecular complexity index is 569. The van der Waals surface area contributed by atoms with Gasteiger partial charge in [-0.15, -0.1) is 0 Å². The van der Waals surface area contributed by atoms with Crippen molar-refractivity contribution in [3.05, 3.63) is 50.4 Å². The van der Waals surface area contributed by atoms with E-state index < -0.39 is 0 Å². The lowest BCUT2D eigenvalue weighted by Crippen LogP contribution is -2.13. The fraction of sp³-hybridized carbons (Fsp3) is 0.182. The van der Waals surface area contributed by atoms with Crippen LogP contribution in [0.3, 0.4) is 0 Å². The average molecular weight is 273 g/mol. The van der Waals surface area contributed by atoms with Crippen LogP contribution in [0, 0.1) is 0 Å². The highest BCUT2D eigenvalue weighted by Crippen LogP contribution is 2.20. The van der Waals surface area contributed by atoms with Gasteiger partial charge in [0.15, 0.2) is 0 Å². The van der Waals surface area contributed by atoms with Crippen molar-refractivity contribution in [3.63, 3.8) is 0 Å². The normalized spacial score (nSPS) is 10.8. The Balaban J connectivity index is 2.48. The molecule has 0 bridgehead atoms. The largest absolute Gasteiger partial charge is 0.378 e. The molecular formula is C11H10Cl2N2O2. The molecule has 1 aromatic heterocycles. The van der Waals surface area contributed by atoms with Crippen molar-refractivity contribution in [2.75, 3.05) is 7.11 Å². The molecule has 4 nitrogen and oxygen atoms in total. The van der Waals surface area contributed by atoms with E-state index in [0.29, 0.717) is 28.0 Å². The summed E-state index contributed by atoms with van der Waals surface area (Å²) in [6.45, 7) is 0.344. The van der Waals surface area contributed by atoms with Crippen LogP contribution in [-0.4, -0.2) is 16.9 Å². The number of nitrogens with one attached hydrogen (secondary N) is 1. The first-order valence-electron chi connectivity index (χ1n) is 4.86. The molecule has 0 fully saturated rings. The minimum Gasteiger partial charge on any atom is -0.378 e. The van der Waals surface area contributed by atoms with E-state index in [1.54, 1.807) is 25.3 Å². The summed E-state index contributed by atoms with van der Waals surface area (Å²) >= 11 is 11.8. The van der Waals surface area contributed by atoms with Gasteiger partial charge in [0, 0.05) is 23.2 Å². The van der Waals surface area contributed by atoms with E-state index in [4.69, 9.17) is 27.9 Å². The van der Waals surface area contributed by atoms with Crippen LogP contribution in [-0.2, 0) is 11.3 Å². The van der Waals surface area contributed by atoms with Gasteiger partial charge in [0.1, 0.15) is 0 Å². The SMILES string of the molecule is COCc1cc(=O)n(-c2cc(Cl)cc(Cl)c2)[nH]1. The van der Waals surface area contributed by atoms with E-state index >= 15 is 0 Å². The summed E-state index contributed by atoms with van der Waals surface area (Å²) in [6, 6.07) is 6.39. The number of H-pyrrole nitrogens is 1. The molecule has 0 aliphatic heterocycles. The van der Waals surface area contributed by atoms with Gasteiger partial charge in [0.25, 0.3) is 5.56 Å². The van der Waals surface area contributed by atoms with Crippen LogP contribution in [0.1, 0.15) is 5.69 Å². The quantitative estimate of drug-likeness (QED) is 0.934. The summed E-state index contributed by atoms with van der Waals surface area (Å²) in [6.07, 6.45) is 0. The van der Waals surface area contributed by atoms with E-state index in [9.17, 15) is 4.79 Å². The molecule has 0 atom stereocenters. The first-order valence-corrected chi connectivity index (χ1v) is 5.62. The molecule has 0 radical (unpaired) electrons. The Hall–Kier alpha value is -1.23. The molecule has 6 heteroatoms. The second-order valence-electron chi connectivity index (χ2n) is 3.52. The second kappa shape index (κ2) is 4.96. The molecular weight excluding hydrogens is 263 g/mol. The predicted octanol–water partition coefficient (Wildman–Crippen LogP) is 2.62. The fourth-order valence-electron chi connectivity index (χ4n) is 1.53. The maximum atomic E-state index is 11.7. The van der Waals surface area contributed by atoms with E-state index in [2.05, 4.69) is 5.10 Å². The van der Waals surface area contributed by atoms with Crippen molar-refractivity contribution in [1.82, 2.24) is 9.78 Å². The predicted molar refractivity (Wildman–Crippen MR) is 67.1 cm³/mol. The number of rotatable bonds is 3. The molecule has 0 saturated heterocycles. The van der Waals surface area contributed by atoms with E-state index in [-0.39, 0.29) is 5.56 Å². The van der Waals surface area contributed by atoms with Gasteiger partial charge in [-0.25, -0.2) is 4.68 Å². The van der Waals surface area contributed by atoms with Crippen LogP contribution in [0.4, 0.5) is 0 Å². The molecule has 0 spiro atoms. The number of hydrogen-bond acceptors (Lipinski definition) is 2. The highest BCUT2D eigenvalue weighted by atomic mass is 35.5. The third-order valence-electron chi connectivity index (χ3n) is 2.18. The highest BCUT2D eigenvalue weighted by molar-refractivity contribution is 6.34. The van der Waals surface area contributed by atoms with Crippen molar-refractivity contribution in [2.24, 2.45) is 0 Å². The molecule has 0 aliphatic rings. The zero-order chi connectivity index (χ0) is 12.4. The summed E-state index contributed by atoms with van der Waals surface area (Å²) in [5, 5.41) is 3.86. The topological polar surface area (TPSA) is 47.0 Å². The van der Waals surface area contributed by atoms with Crippen LogP contribution in [0.25, 0.3) is 5.69 Å². The zero-order valence-electron chi connectivity index (χ0n) is 9.04. The van der Waals surface area contributed by atoms with Crippen molar-refractivity contribution < 1.29 is 4.74 Å². The van der Waals surface area contributed by atoms with E-state index in [1.165, 1.54) is 10.7 Å². The number of benzene rings is 1. The van der Waals surface area contributed by atoms with Gasteiger partial charge >= 0.3 is 0 Å². The summed E-state index contributed by atoms with van der Waals surface area (Å²) in [5.74, 6) is 0. The summed E-state index contributed by atoms with van der Waals surface area (Å²) in [5.41, 5.74) is 1.10. The molecule has 1 N–H and O–H groups in total. The Kier molecular flexibility index (Phi) is 3.57. The molecule has 0 unspecified atom stereocenters. The number of ether oxygens (including phenoxy) is 1. The Labute approximate surface area is 108 Å². The molecule has 17 heavy (non-hydrogen) atoms. The molecule has 0 saturated carbocycles. The molecule has 2 aromatic rings. The van der Waals surface area contributed by atoms with Gasteiger partial charge in [0.2, 0.25) is 0 Å². The van der Waals surface area contributed by atoms with Crippen LogP contribution in [0.2, 0.25) is 10.0 Å². The van der Waals surface area contributed by atoms with Crippen molar-refractivity contribution in [2.45, 2.75) is 6.61 Å². The smallest absolute Gasteiger partial charge is 0.271 e. The number of methoxy groups -OCH3 is 1. The highest BCUT2D eigenvalue weighted by Gasteiger charge is 2.06. The number of hydrogen-bond donors (Lipinski definition) is 1. The van der Waals surface area contributed by atoms with Crippen LogP contribution in [0.5, 0.6) is 0 Å². The molecule has 0 amide bonds. The zero-order valence-corrected chi connectivity index (χ0v) is 10.5. The van der Waals surface area contributed by atoms with Crippen LogP contribution in [0.15, 0.2) is 29.1 Å². The van der Waals surface area contributed by atoms with Crippen molar-refractivity contribution >= 4 is 23.2 Å². The molecule has 1 aromatic carbocycles. The van der Waals surface area contributed by atoms with Crippen LogP contribution >= 0.6 is 23.2 Å². The second-order valence-corrected chi connectivity index (χ2v) is 4.39. The number of aromatic nitrogens is 2. The molecule has 0 aliphatic carbocycles. The maximum Gasteiger partial charge on any atom is 0.271 e. The standard InChI is InChI=1S/C11H10Cl2N2O2/c1-17-6-9-5-11(16)15(14-9)10-3-7(12)2-8(13)4-10/h2-5,14H,6H2,1H3. The number of nitrogens with zero attached hydrogens (tertiary/aromatic N) is 1. The van der Waals surface area contributed by atoms with E-state index in [0.717, 1.165) is 0 Å². The third kappa shape index (κ3) is 2.72. The Morgan fingerprint density at radius 3 is 2.47 bits per heavy atom. The Morgan fingerprint density at radius 1 is 1.24 bits per heavy atom. The van der Waals surface area contributed by atoms with E-state index in [1.807, 2.05) is 0 Å². The van der Waals surface area contributed by atoms with Gasteiger partial charge in [-0.05, 0) is 18.2 Å². The lowest BCUT2D eigenvalue weighted by molar-refractivity contribution is 0.181. The van der Waals surface area contributed by atoms with Crippen LogP contribution < -0.4 is 5.56 Å². The first kappa shape index (κ1) is 12.2. The summed E-state index contributed by atoms with van der Waals surface area (Å²) < 4.78 is 6.31. The maximum absolute atomic E-state index is 11.7. The van der Waals surface area contributed by atoms with Crippen molar-refractivity contribution in [1.29, 1.82) is 0 Å². The summed E-state index contributed by atoms with van der Waals surface area (Å²) in [4.78, 5) is 11.7. The minimum absolute atomic E-state index is 0.185. The third-order valence-corrected chi connectivity index (χ3v) is 2.62. The van der Waals surface area contributed by atoms with Crippen molar-refractivity contribution in [3.8, 4) is 5.69 Å². The lowest BCUT2D eigenvalue weighted by atomic mass is 10.3. The monoisotopic (exact) mass is 272 g/mol. The van der Waals surface area contributed by atoms with Gasteiger partial charge in [-0.2, -0.15) is 0 Å². The van der Waals surface area contributed by atoms with Gasteiger partial charge < -0.3 is 4.74 Å². The number of aromatic amines is 1. The van der Waals surface area contributed by atoms with Gasteiger partial charge in [-0.3, -0.25) is 9.89 Å². The average Bonchev–Trinajstić information content (AvgIpc) is 2.58. The van der Waals surface area contributed by atoms with Gasteiger partial charge in [0.05, 0.1) is 18.0 Å². The molecule has 2 rings (SSSR count). The summed E-state index contributed by atoms with van der Waals surface area (Å²) in [7, 11) is 1.56. The lowest BCUT2D eigenvalue weighted by Gasteiger charge is -2.03. The first-order chi connectivity index (χ1) is 8.10.